The monoisotopic (exact) mass is 848 g/mol. The van der Waals surface area contributed by atoms with Gasteiger partial charge in [0.25, 0.3) is 0 Å². The summed E-state index contributed by atoms with van der Waals surface area (Å²) in [4.78, 5) is 71.5. The highest BCUT2D eigenvalue weighted by Gasteiger charge is 2.44. The van der Waals surface area contributed by atoms with Gasteiger partial charge in [0.1, 0.15) is 17.7 Å². The van der Waals surface area contributed by atoms with Gasteiger partial charge in [-0.25, -0.2) is 9.78 Å². The molecule has 1 aliphatic heterocycles. The number of primary amides is 1. The Morgan fingerprint density at radius 1 is 0.967 bits per heavy atom. The van der Waals surface area contributed by atoms with Crippen LogP contribution in [-0.4, -0.2) is 87.2 Å². The zero-order valence-electron chi connectivity index (χ0n) is 36.3. The summed E-state index contributed by atoms with van der Waals surface area (Å²) >= 11 is 1.57. The number of hydrogen-bond acceptors (Lipinski definition) is 10. The van der Waals surface area contributed by atoms with E-state index >= 15 is 0 Å². The number of nitrogens with zero attached hydrogens (tertiary/aromatic N) is 2. The number of ether oxygens (including phenoxy) is 2. The van der Waals surface area contributed by atoms with E-state index in [-0.39, 0.29) is 50.8 Å². The molecule has 0 radical (unpaired) electrons. The van der Waals surface area contributed by atoms with Crippen molar-refractivity contribution in [3.8, 4) is 10.4 Å². The number of aliphatic hydroxyl groups is 1. The van der Waals surface area contributed by atoms with Crippen LogP contribution in [0.3, 0.4) is 0 Å². The van der Waals surface area contributed by atoms with Crippen LogP contribution in [-0.2, 0) is 48.2 Å². The number of β-amino-alcohol motifs (C(OH)–C–C–N with tert-alkyl or cyclic N) is 1. The molecule has 2 heterocycles. The maximum absolute atomic E-state index is 14.0. The van der Waals surface area contributed by atoms with Gasteiger partial charge in [-0.2, -0.15) is 0 Å². The molecule has 328 valence electrons. The van der Waals surface area contributed by atoms with Gasteiger partial charge in [-0.05, 0) is 88.0 Å². The summed E-state index contributed by atoms with van der Waals surface area (Å²) in [6.07, 6.45) is 0.862. The lowest BCUT2D eigenvalue weighted by Crippen LogP contribution is -2.57. The molecule has 60 heavy (non-hydrogen) atoms. The van der Waals surface area contributed by atoms with Crippen molar-refractivity contribution in [2.45, 2.75) is 149 Å². The first-order chi connectivity index (χ1) is 28.2. The number of aryl methyl sites for hydroxylation is 2. The number of benzene rings is 2. The fourth-order valence-corrected chi connectivity index (χ4v) is 7.84. The Balaban J connectivity index is 1.26. The Hall–Kier alpha value is -4.86. The number of hydrogen-bond donors (Lipinski definition) is 5. The van der Waals surface area contributed by atoms with Crippen molar-refractivity contribution in [1.29, 1.82) is 0 Å². The number of aliphatic hydroxyl groups excluding tert-OH is 1. The zero-order valence-corrected chi connectivity index (χ0v) is 37.2. The molecule has 0 saturated carbocycles. The molecule has 4 rings (SSSR count). The van der Waals surface area contributed by atoms with E-state index in [1.807, 2.05) is 88.7 Å². The third-order valence-corrected chi connectivity index (χ3v) is 11.3. The molecule has 5 amide bonds. The Labute approximate surface area is 358 Å². The standard InChI is InChI=1S/C45H64N6O8S/c1-28-39(60-27-48-28)33-18-16-31(17-19-33)24-47-41(55)36-23-34(52)25-51(36)42(56)40(44(3,4)5)50-38(54)15-10-9-12-30-13-11-14-32(22-30)26-58-29(2)35(20-21-37(46)53)49-43(57)59-45(6,7)8/h11,13-14,16-19,22,27,29,34-36,40,52H,9-10,12,15,20-21,23-26H2,1-8H3,(H2,46,53)(H,47,55)(H,49,57)(H,50,54)/t29-,34-,35+,36+,40-/m1/s1. The molecule has 1 aromatic heterocycles. The minimum atomic E-state index is -0.901. The van der Waals surface area contributed by atoms with Gasteiger partial charge in [0.15, 0.2) is 0 Å². The molecule has 0 unspecified atom stereocenters. The van der Waals surface area contributed by atoms with E-state index in [1.54, 1.807) is 32.1 Å². The van der Waals surface area contributed by atoms with E-state index < -0.39 is 59.3 Å². The lowest BCUT2D eigenvalue weighted by Gasteiger charge is -2.35. The highest BCUT2D eigenvalue weighted by Crippen LogP contribution is 2.28. The van der Waals surface area contributed by atoms with E-state index in [4.69, 9.17) is 15.2 Å². The van der Waals surface area contributed by atoms with Crippen LogP contribution in [0, 0.1) is 12.3 Å². The maximum atomic E-state index is 14.0. The average Bonchev–Trinajstić information content (AvgIpc) is 3.79. The molecule has 0 aliphatic carbocycles. The van der Waals surface area contributed by atoms with Crippen LogP contribution in [0.5, 0.6) is 0 Å². The van der Waals surface area contributed by atoms with Gasteiger partial charge in [0.05, 0.1) is 40.9 Å². The van der Waals surface area contributed by atoms with Gasteiger partial charge in [-0.3, -0.25) is 19.2 Å². The van der Waals surface area contributed by atoms with Gasteiger partial charge < -0.3 is 41.2 Å². The number of thiazole rings is 1. The van der Waals surface area contributed by atoms with Crippen molar-refractivity contribution in [2.24, 2.45) is 11.1 Å². The van der Waals surface area contributed by atoms with Gasteiger partial charge >= 0.3 is 6.09 Å². The fraction of sp³-hybridized carbons (Fsp3) is 0.556. The van der Waals surface area contributed by atoms with E-state index in [0.717, 1.165) is 45.7 Å². The number of carbonyl (C=O) groups is 5. The largest absolute Gasteiger partial charge is 0.444 e. The van der Waals surface area contributed by atoms with E-state index in [2.05, 4.69) is 20.9 Å². The number of rotatable bonds is 19. The second-order valence-corrected chi connectivity index (χ2v) is 18.6. The molecule has 0 bridgehead atoms. The van der Waals surface area contributed by atoms with E-state index in [1.165, 1.54) is 4.90 Å². The highest BCUT2D eigenvalue weighted by atomic mass is 32.1. The summed E-state index contributed by atoms with van der Waals surface area (Å²) in [5.74, 6) is -1.49. The number of unbranched alkanes of at least 4 members (excludes halogenated alkanes) is 1. The Bertz CT molecular complexity index is 1920. The molecule has 3 aromatic rings. The molecule has 6 N–H and O–H groups in total. The second-order valence-electron chi connectivity index (χ2n) is 17.7. The third-order valence-electron chi connectivity index (χ3n) is 10.3. The predicted molar refractivity (Wildman–Crippen MR) is 231 cm³/mol. The van der Waals surface area contributed by atoms with Crippen LogP contribution in [0.1, 0.15) is 109 Å². The van der Waals surface area contributed by atoms with Gasteiger partial charge in [-0.1, -0.05) is 69.3 Å². The first-order valence-electron chi connectivity index (χ1n) is 20.7. The maximum Gasteiger partial charge on any atom is 0.407 e. The Morgan fingerprint density at radius 3 is 2.30 bits per heavy atom. The Kier molecular flexibility index (Phi) is 17.2. The van der Waals surface area contributed by atoms with Gasteiger partial charge in [0.2, 0.25) is 23.6 Å². The molecule has 1 saturated heterocycles. The summed E-state index contributed by atoms with van der Waals surface area (Å²) in [5, 5.41) is 19.3. The summed E-state index contributed by atoms with van der Waals surface area (Å²) in [7, 11) is 0. The minimum absolute atomic E-state index is 0.00410. The summed E-state index contributed by atoms with van der Waals surface area (Å²) < 4.78 is 11.5. The summed E-state index contributed by atoms with van der Waals surface area (Å²) in [6, 6.07) is 13.6. The predicted octanol–water partition coefficient (Wildman–Crippen LogP) is 5.70. The molecule has 5 atom stereocenters. The molecular formula is C45H64N6O8S. The molecule has 1 fully saturated rings. The van der Waals surface area contributed by atoms with E-state index in [0.29, 0.717) is 12.8 Å². The smallest absolute Gasteiger partial charge is 0.407 e. The van der Waals surface area contributed by atoms with Crippen molar-refractivity contribution < 1.29 is 38.6 Å². The molecule has 14 nitrogen and oxygen atoms in total. The van der Waals surface area contributed by atoms with Crippen LogP contribution >= 0.6 is 11.3 Å². The molecule has 1 aliphatic rings. The Morgan fingerprint density at radius 2 is 1.67 bits per heavy atom. The van der Waals surface area contributed by atoms with Crippen molar-refractivity contribution in [1.82, 2.24) is 25.8 Å². The number of carbonyl (C=O) groups excluding carboxylic acids is 5. The molecule has 15 heteroatoms. The number of aromatic nitrogens is 1. The average molecular weight is 849 g/mol. The normalized spacial score (nSPS) is 17.1. The lowest BCUT2D eigenvalue weighted by atomic mass is 9.85. The highest BCUT2D eigenvalue weighted by molar-refractivity contribution is 7.13. The first-order valence-corrected chi connectivity index (χ1v) is 21.6. The van der Waals surface area contributed by atoms with Crippen LogP contribution in [0.15, 0.2) is 54.0 Å². The zero-order chi connectivity index (χ0) is 44.2. The number of alkyl carbamates (subject to hydrolysis) is 1. The number of nitrogens with two attached hydrogens (primary N) is 1. The minimum Gasteiger partial charge on any atom is -0.444 e. The van der Waals surface area contributed by atoms with E-state index in [9.17, 15) is 29.1 Å². The topological polar surface area (TPSA) is 202 Å². The van der Waals surface area contributed by atoms with Crippen LogP contribution < -0.4 is 21.7 Å². The van der Waals surface area contributed by atoms with Crippen LogP contribution in [0.4, 0.5) is 4.79 Å². The quantitative estimate of drug-likeness (QED) is 0.0938. The van der Waals surface area contributed by atoms with Gasteiger partial charge in [0, 0.05) is 32.4 Å². The number of nitrogens with one attached hydrogen (secondary N) is 3. The number of amides is 5. The summed E-state index contributed by atoms with van der Waals surface area (Å²) in [5.41, 5.74) is 10.8. The third kappa shape index (κ3) is 15.0. The fourth-order valence-electron chi connectivity index (χ4n) is 7.03. The van der Waals surface area contributed by atoms with Crippen molar-refractivity contribution in [2.75, 3.05) is 6.54 Å². The molecular weight excluding hydrogens is 785 g/mol. The van der Waals surface area contributed by atoms with Crippen molar-refractivity contribution >= 4 is 41.1 Å². The first kappa shape index (κ1) is 47.8. The second kappa shape index (κ2) is 21.6. The number of likely N-dealkylation sites (tertiary alicyclic amines) is 1. The van der Waals surface area contributed by atoms with Crippen molar-refractivity contribution in [3.05, 3.63) is 76.4 Å². The molecule has 2 aromatic carbocycles. The SMILES string of the molecule is Cc1ncsc1-c1ccc(CNC(=O)[C@@H]2C[C@@H](O)CN2C(=O)[C@@H](NC(=O)CCCCc2cccc(CO[C@H](C)[C@H](CCC(N)=O)NC(=O)OC(C)(C)C)c2)C(C)(C)C)cc1. The van der Waals surface area contributed by atoms with Gasteiger partial charge in [-0.15, -0.1) is 11.3 Å². The van der Waals surface area contributed by atoms with Crippen LogP contribution in [0.25, 0.3) is 10.4 Å². The van der Waals surface area contributed by atoms with Crippen molar-refractivity contribution in [3.63, 3.8) is 0 Å². The lowest BCUT2D eigenvalue weighted by molar-refractivity contribution is -0.144. The van der Waals surface area contributed by atoms with Crippen LogP contribution in [0.2, 0.25) is 0 Å². The summed E-state index contributed by atoms with van der Waals surface area (Å²) in [6.45, 7) is 15.3. The molecule has 0 spiro atoms.